The van der Waals surface area contributed by atoms with E-state index in [2.05, 4.69) is 26.0 Å². The van der Waals surface area contributed by atoms with Gasteiger partial charge in [0, 0.05) is 12.3 Å². The number of aryl methyl sites for hydroxylation is 1. The van der Waals surface area contributed by atoms with Gasteiger partial charge in [0.1, 0.15) is 10.3 Å². The third kappa shape index (κ3) is 1.83. The SMILES string of the molecule is Cc1cccnc1-n1nc(Br)cc1C=O. The molecule has 5 heteroatoms. The Balaban J connectivity index is 2.63. The van der Waals surface area contributed by atoms with Gasteiger partial charge < -0.3 is 0 Å². The molecule has 0 unspecified atom stereocenters. The van der Waals surface area contributed by atoms with Gasteiger partial charge in [-0.2, -0.15) is 5.10 Å². The lowest BCUT2D eigenvalue weighted by Gasteiger charge is -2.04. The topological polar surface area (TPSA) is 47.8 Å². The molecule has 2 rings (SSSR count). The zero-order chi connectivity index (χ0) is 10.8. The van der Waals surface area contributed by atoms with Crippen molar-refractivity contribution in [1.29, 1.82) is 0 Å². The molecule has 15 heavy (non-hydrogen) atoms. The lowest BCUT2D eigenvalue weighted by atomic mass is 10.3. The molecule has 0 aliphatic heterocycles. The van der Waals surface area contributed by atoms with E-state index in [1.807, 2.05) is 19.1 Å². The number of pyridine rings is 1. The van der Waals surface area contributed by atoms with Crippen molar-refractivity contribution in [2.45, 2.75) is 6.92 Å². The van der Waals surface area contributed by atoms with Crippen LogP contribution in [-0.4, -0.2) is 21.1 Å². The maximum atomic E-state index is 10.8. The average molecular weight is 266 g/mol. The Kier molecular flexibility index (Phi) is 2.64. The highest BCUT2D eigenvalue weighted by Gasteiger charge is 2.09. The molecule has 0 spiro atoms. The Morgan fingerprint density at radius 1 is 1.53 bits per heavy atom. The highest BCUT2D eigenvalue weighted by molar-refractivity contribution is 9.10. The number of hydrogen-bond acceptors (Lipinski definition) is 3. The largest absolute Gasteiger partial charge is 0.296 e. The molecule has 0 saturated carbocycles. The summed E-state index contributed by atoms with van der Waals surface area (Å²) in [7, 11) is 0. The van der Waals surface area contributed by atoms with Crippen molar-refractivity contribution in [3.8, 4) is 5.82 Å². The summed E-state index contributed by atoms with van der Waals surface area (Å²) in [5, 5.41) is 4.15. The first-order valence-corrected chi connectivity index (χ1v) is 5.14. The molecule has 0 saturated heterocycles. The summed E-state index contributed by atoms with van der Waals surface area (Å²) in [5.41, 5.74) is 1.44. The van der Waals surface area contributed by atoms with Crippen LogP contribution in [0.4, 0.5) is 0 Å². The van der Waals surface area contributed by atoms with E-state index in [1.165, 1.54) is 4.68 Å². The van der Waals surface area contributed by atoms with Gasteiger partial charge in [0.25, 0.3) is 0 Å². The Morgan fingerprint density at radius 3 is 3.00 bits per heavy atom. The van der Waals surface area contributed by atoms with Crippen LogP contribution in [0.5, 0.6) is 0 Å². The number of aromatic nitrogens is 3. The number of halogens is 1. The number of carbonyl (C=O) groups is 1. The predicted octanol–water partition coefficient (Wildman–Crippen LogP) is 2.15. The third-order valence-corrected chi connectivity index (χ3v) is 2.40. The Bertz CT molecular complexity index is 507. The second-order valence-corrected chi connectivity index (χ2v) is 3.88. The van der Waals surface area contributed by atoms with Crippen molar-refractivity contribution in [3.05, 3.63) is 40.3 Å². The van der Waals surface area contributed by atoms with Crippen LogP contribution in [0.2, 0.25) is 0 Å². The fourth-order valence-electron chi connectivity index (χ4n) is 1.32. The molecule has 4 nitrogen and oxygen atoms in total. The second-order valence-electron chi connectivity index (χ2n) is 3.07. The molecule has 0 atom stereocenters. The Labute approximate surface area is 95.1 Å². The lowest BCUT2D eigenvalue weighted by Crippen LogP contribution is -2.05. The van der Waals surface area contributed by atoms with Gasteiger partial charge in [0.2, 0.25) is 0 Å². The molecular formula is C10H8BrN3O. The van der Waals surface area contributed by atoms with Gasteiger partial charge in [0.05, 0.1) is 0 Å². The van der Waals surface area contributed by atoms with E-state index in [1.54, 1.807) is 12.3 Å². The van der Waals surface area contributed by atoms with Crippen LogP contribution in [0.15, 0.2) is 29.0 Å². The third-order valence-electron chi connectivity index (χ3n) is 2.01. The quantitative estimate of drug-likeness (QED) is 0.782. The molecule has 0 bridgehead atoms. The Morgan fingerprint density at radius 2 is 2.33 bits per heavy atom. The molecule has 0 aliphatic rings. The molecule has 0 radical (unpaired) electrons. The van der Waals surface area contributed by atoms with E-state index < -0.39 is 0 Å². The van der Waals surface area contributed by atoms with Gasteiger partial charge in [-0.1, -0.05) is 6.07 Å². The van der Waals surface area contributed by atoms with E-state index >= 15 is 0 Å². The van der Waals surface area contributed by atoms with Crippen molar-refractivity contribution < 1.29 is 4.79 Å². The van der Waals surface area contributed by atoms with Crippen LogP contribution in [0.3, 0.4) is 0 Å². The van der Waals surface area contributed by atoms with Crippen LogP contribution < -0.4 is 0 Å². The molecule has 0 amide bonds. The van der Waals surface area contributed by atoms with Crippen LogP contribution in [0, 0.1) is 6.92 Å². The van der Waals surface area contributed by atoms with E-state index in [0.29, 0.717) is 16.1 Å². The summed E-state index contributed by atoms with van der Waals surface area (Å²) in [6, 6.07) is 5.42. The molecule has 0 N–H and O–H groups in total. The van der Waals surface area contributed by atoms with E-state index in [-0.39, 0.29) is 0 Å². The predicted molar refractivity (Wildman–Crippen MR) is 59.2 cm³/mol. The molecular weight excluding hydrogens is 258 g/mol. The number of rotatable bonds is 2. The zero-order valence-corrected chi connectivity index (χ0v) is 9.60. The summed E-state index contributed by atoms with van der Waals surface area (Å²) in [4.78, 5) is 15.0. The van der Waals surface area contributed by atoms with Crippen LogP contribution in [0.25, 0.3) is 5.82 Å². The summed E-state index contributed by atoms with van der Waals surface area (Å²) >= 11 is 3.23. The van der Waals surface area contributed by atoms with Crippen molar-refractivity contribution in [2.24, 2.45) is 0 Å². The monoisotopic (exact) mass is 265 g/mol. The number of hydrogen-bond donors (Lipinski definition) is 0. The maximum Gasteiger partial charge on any atom is 0.168 e. The van der Waals surface area contributed by atoms with Gasteiger partial charge in [-0.15, -0.1) is 0 Å². The minimum absolute atomic E-state index is 0.476. The average Bonchev–Trinajstić information content (AvgIpc) is 2.60. The normalized spacial score (nSPS) is 10.3. The first kappa shape index (κ1) is 10.0. The summed E-state index contributed by atoms with van der Waals surface area (Å²) in [5.74, 6) is 0.672. The smallest absolute Gasteiger partial charge is 0.168 e. The molecule has 0 fully saturated rings. The van der Waals surface area contributed by atoms with Crippen molar-refractivity contribution in [2.75, 3.05) is 0 Å². The van der Waals surface area contributed by atoms with Crippen LogP contribution in [0.1, 0.15) is 16.1 Å². The van der Waals surface area contributed by atoms with Crippen molar-refractivity contribution in [1.82, 2.24) is 14.8 Å². The summed E-state index contributed by atoms with van der Waals surface area (Å²) < 4.78 is 2.14. The first-order chi connectivity index (χ1) is 7.22. The number of carbonyl (C=O) groups excluding carboxylic acids is 1. The standard InChI is InChI=1S/C10H8BrN3O/c1-7-3-2-4-12-10(7)14-8(6-15)5-9(11)13-14/h2-6H,1H3. The summed E-state index contributed by atoms with van der Waals surface area (Å²) in [6.07, 6.45) is 2.43. The van der Waals surface area contributed by atoms with Gasteiger partial charge in [0.15, 0.2) is 12.1 Å². The zero-order valence-electron chi connectivity index (χ0n) is 8.01. The van der Waals surface area contributed by atoms with Gasteiger partial charge in [-0.05, 0) is 34.5 Å². The molecule has 2 heterocycles. The minimum Gasteiger partial charge on any atom is -0.296 e. The molecule has 76 valence electrons. The second kappa shape index (κ2) is 3.94. The van der Waals surface area contributed by atoms with Gasteiger partial charge in [-0.25, -0.2) is 9.67 Å². The van der Waals surface area contributed by atoms with Gasteiger partial charge in [-0.3, -0.25) is 4.79 Å². The van der Waals surface area contributed by atoms with E-state index in [9.17, 15) is 4.79 Å². The van der Waals surface area contributed by atoms with Crippen molar-refractivity contribution >= 4 is 22.2 Å². The first-order valence-electron chi connectivity index (χ1n) is 4.35. The minimum atomic E-state index is 0.476. The van der Waals surface area contributed by atoms with Crippen LogP contribution >= 0.6 is 15.9 Å². The summed E-state index contributed by atoms with van der Waals surface area (Å²) in [6.45, 7) is 1.92. The van der Waals surface area contributed by atoms with E-state index in [4.69, 9.17) is 0 Å². The molecule has 2 aromatic rings. The molecule has 2 aromatic heterocycles. The highest BCUT2D eigenvalue weighted by atomic mass is 79.9. The fraction of sp³-hybridized carbons (Fsp3) is 0.100. The molecule has 0 aliphatic carbocycles. The van der Waals surface area contributed by atoms with E-state index in [0.717, 1.165) is 11.8 Å². The lowest BCUT2D eigenvalue weighted by molar-refractivity contribution is 0.111. The molecule has 0 aromatic carbocycles. The number of aldehydes is 1. The van der Waals surface area contributed by atoms with Crippen molar-refractivity contribution in [3.63, 3.8) is 0 Å². The Hall–Kier alpha value is -1.49. The number of nitrogens with zero attached hydrogens (tertiary/aromatic N) is 3. The maximum absolute atomic E-state index is 10.8. The van der Waals surface area contributed by atoms with Gasteiger partial charge >= 0.3 is 0 Å². The fourth-order valence-corrected chi connectivity index (χ4v) is 1.71. The van der Waals surface area contributed by atoms with Crippen LogP contribution in [-0.2, 0) is 0 Å². The highest BCUT2D eigenvalue weighted by Crippen LogP contribution is 2.15.